The summed E-state index contributed by atoms with van der Waals surface area (Å²) < 4.78 is 5.64. The van der Waals surface area contributed by atoms with Crippen molar-refractivity contribution in [1.82, 2.24) is 4.98 Å². The van der Waals surface area contributed by atoms with Crippen LogP contribution in [0.5, 0.6) is 0 Å². The second-order valence-corrected chi connectivity index (χ2v) is 3.30. The van der Waals surface area contributed by atoms with Gasteiger partial charge in [0.25, 0.3) is 0 Å². The molecule has 2 nitrogen and oxygen atoms in total. The molecular formula is C12H9NO. The Hall–Kier alpha value is -1.83. The van der Waals surface area contributed by atoms with Gasteiger partial charge >= 0.3 is 0 Å². The van der Waals surface area contributed by atoms with Gasteiger partial charge in [-0.3, -0.25) is 0 Å². The van der Waals surface area contributed by atoms with Crippen LogP contribution in [0.4, 0.5) is 0 Å². The molecule has 0 N–H and O–H groups in total. The average Bonchev–Trinajstić information content (AvgIpc) is 2.78. The zero-order chi connectivity index (χ0) is 9.38. The molecule has 1 aliphatic rings. The van der Waals surface area contributed by atoms with Crippen LogP contribution < -0.4 is 0 Å². The Bertz CT molecular complexity index is 482. The molecule has 0 atom stereocenters. The third-order valence-corrected chi connectivity index (χ3v) is 2.33. The minimum atomic E-state index is 0.722. The Kier molecular flexibility index (Phi) is 1.53. The van der Waals surface area contributed by atoms with E-state index in [0.717, 1.165) is 29.3 Å². The van der Waals surface area contributed by atoms with Gasteiger partial charge in [-0.15, -0.1) is 0 Å². The molecule has 0 unspecified atom stereocenters. The molecule has 1 heterocycles. The number of benzene rings is 1. The number of oxazole rings is 1. The molecule has 68 valence electrons. The SMILES string of the molecule is C1=Cc2nc(-c3ccccc3)oc2C1. The van der Waals surface area contributed by atoms with Crippen LogP contribution in [0, 0.1) is 0 Å². The van der Waals surface area contributed by atoms with Crippen molar-refractivity contribution in [2.45, 2.75) is 6.42 Å². The second kappa shape index (κ2) is 2.84. The largest absolute Gasteiger partial charge is 0.440 e. The van der Waals surface area contributed by atoms with Gasteiger partial charge in [-0.2, -0.15) is 0 Å². The summed E-state index contributed by atoms with van der Waals surface area (Å²) in [5, 5.41) is 0. The van der Waals surface area contributed by atoms with Crippen LogP contribution in [0.25, 0.3) is 17.5 Å². The molecular weight excluding hydrogens is 174 g/mol. The van der Waals surface area contributed by atoms with Gasteiger partial charge in [0, 0.05) is 12.0 Å². The molecule has 2 heteroatoms. The molecule has 1 aromatic heterocycles. The van der Waals surface area contributed by atoms with Gasteiger partial charge < -0.3 is 4.42 Å². The third-order valence-electron chi connectivity index (χ3n) is 2.33. The summed E-state index contributed by atoms with van der Waals surface area (Å²) in [6.07, 6.45) is 4.94. The van der Waals surface area contributed by atoms with Crippen molar-refractivity contribution in [2.24, 2.45) is 0 Å². The fourth-order valence-electron chi connectivity index (χ4n) is 1.62. The molecule has 0 radical (unpaired) electrons. The molecule has 0 saturated carbocycles. The molecule has 0 aliphatic heterocycles. The highest BCUT2D eigenvalue weighted by Gasteiger charge is 2.14. The molecule has 0 spiro atoms. The van der Waals surface area contributed by atoms with Gasteiger partial charge in [-0.25, -0.2) is 4.98 Å². The van der Waals surface area contributed by atoms with E-state index in [9.17, 15) is 0 Å². The van der Waals surface area contributed by atoms with Crippen molar-refractivity contribution in [1.29, 1.82) is 0 Å². The standard InChI is InChI=1S/C12H9NO/c1-2-5-9(6-3-1)12-13-10-7-4-8-11(10)14-12/h1-7H,8H2. The van der Waals surface area contributed by atoms with Gasteiger partial charge in [-0.05, 0) is 18.2 Å². The fraction of sp³-hybridized carbons (Fsp3) is 0.0833. The van der Waals surface area contributed by atoms with Crippen LogP contribution in [0.3, 0.4) is 0 Å². The quantitative estimate of drug-likeness (QED) is 0.679. The lowest BCUT2D eigenvalue weighted by Crippen LogP contribution is -1.76. The third kappa shape index (κ3) is 1.08. The lowest BCUT2D eigenvalue weighted by molar-refractivity contribution is 0.533. The van der Waals surface area contributed by atoms with Gasteiger partial charge in [-0.1, -0.05) is 24.3 Å². The Morgan fingerprint density at radius 3 is 2.79 bits per heavy atom. The first-order chi connectivity index (χ1) is 6.93. The van der Waals surface area contributed by atoms with Crippen LogP contribution >= 0.6 is 0 Å². The maximum atomic E-state index is 5.64. The van der Waals surface area contributed by atoms with E-state index in [1.807, 2.05) is 36.4 Å². The monoisotopic (exact) mass is 183 g/mol. The number of hydrogen-bond acceptors (Lipinski definition) is 2. The smallest absolute Gasteiger partial charge is 0.226 e. The number of allylic oxidation sites excluding steroid dienone is 1. The predicted molar refractivity (Wildman–Crippen MR) is 54.7 cm³/mol. The number of rotatable bonds is 1. The summed E-state index contributed by atoms with van der Waals surface area (Å²) in [5.41, 5.74) is 2.01. The highest BCUT2D eigenvalue weighted by Crippen LogP contribution is 2.26. The molecule has 2 aromatic rings. The molecule has 1 aliphatic carbocycles. The van der Waals surface area contributed by atoms with Gasteiger partial charge in [0.1, 0.15) is 11.5 Å². The van der Waals surface area contributed by atoms with E-state index in [1.54, 1.807) is 0 Å². The van der Waals surface area contributed by atoms with Crippen molar-refractivity contribution in [3.8, 4) is 11.5 Å². The van der Waals surface area contributed by atoms with E-state index in [-0.39, 0.29) is 0 Å². The Morgan fingerprint density at radius 1 is 1.14 bits per heavy atom. The minimum absolute atomic E-state index is 0.722. The van der Waals surface area contributed by atoms with E-state index in [4.69, 9.17) is 4.42 Å². The first kappa shape index (κ1) is 7.56. The second-order valence-electron chi connectivity index (χ2n) is 3.30. The molecule has 0 amide bonds. The van der Waals surface area contributed by atoms with Gasteiger partial charge in [0.2, 0.25) is 5.89 Å². The van der Waals surface area contributed by atoms with Crippen LogP contribution in [-0.4, -0.2) is 4.98 Å². The lowest BCUT2D eigenvalue weighted by atomic mass is 10.2. The number of aromatic nitrogens is 1. The average molecular weight is 183 g/mol. The summed E-state index contributed by atoms with van der Waals surface area (Å²) in [4.78, 5) is 4.41. The van der Waals surface area contributed by atoms with Crippen molar-refractivity contribution in [2.75, 3.05) is 0 Å². The summed E-state index contributed by atoms with van der Waals surface area (Å²) in [5.74, 6) is 1.70. The number of hydrogen-bond donors (Lipinski definition) is 0. The Balaban J connectivity index is 2.10. The van der Waals surface area contributed by atoms with Crippen LogP contribution in [0.15, 0.2) is 40.8 Å². The van der Waals surface area contributed by atoms with Crippen LogP contribution in [0.1, 0.15) is 11.5 Å². The molecule has 14 heavy (non-hydrogen) atoms. The summed E-state index contributed by atoms with van der Waals surface area (Å²) in [7, 11) is 0. The fourth-order valence-corrected chi connectivity index (χ4v) is 1.62. The van der Waals surface area contributed by atoms with Gasteiger partial charge in [0.05, 0.1) is 0 Å². The van der Waals surface area contributed by atoms with Crippen molar-refractivity contribution < 1.29 is 4.42 Å². The van der Waals surface area contributed by atoms with Crippen LogP contribution in [-0.2, 0) is 6.42 Å². The first-order valence-corrected chi connectivity index (χ1v) is 4.65. The van der Waals surface area contributed by atoms with Crippen molar-refractivity contribution in [3.63, 3.8) is 0 Å². The summed E-state index contributed by atoms with van der Waals surface area (Å²) in [6, 6.07) is 9.97. The van der Waals surface area contributed by atoms with E-state index in [0.29, 0.717) is 0 Å². The Morgan fingerprint density at radius 2 is 2.00 bits per heavy atom. The maximum Gasteiger partial charge on any atom is 0.226 e. The number of fused-ring (bicyclic) bond motifs is 1. The van der Waals surface area contributed by atoms with E-state index >= 15 is 0 Å². The Labute approximate surface area is 81.9 Å². The maximum absolute atomic E-state index is 5.64. The lowest BCUT2D eigenvalue weighted by Gasteiger charge is -1.92. The minimum Gasteiger partial charge on any atom is -0.440 e. The van der Waals surface area contributed by atoms with Crippen molar-refractivity contribution >= 4 is 6.08 Å². The predicted octanol–water partition coefficient (Wildman–Crippen LogP) is 2.91. The first-order valence-electron chi connectivity index (χ1n) is 4.65. The summed E-state index contributed by atoms with van der Waals surface area (Å²) >= 11 is 0. The highest BCUT2D eigenvalue weighted by atomic mass is 16.4. The van der Waals surface area contributed by atoms with Crippen molar-refractivity contribution in [3.05, 3.63) is 47.9 Å². The topological polar surface area (TPSA) is 26.0 Å². The van der Waals surface area contributed by atoms with E-state index < -0.39 is 0 Å². The molecule has 0 saturated heterocycles. The zero-order valence-electron chi connectivity index (χ0n) is 7.60. The normalized spacial score (nSPS) is 13.1. The molecule has 0 bridgehead atoms. The van der Waals surface area contributed by atoms with E-state index in [2.05, 4.69) is 11.1 Å². The van der Waals surface area contributed by atoms with Gasteiger partial charge in [0.15, 0.2) is 0 Å². The summed E-state index contributed by atoms with van der Waals surface area (Å²) in [6.45, 7) is 0. The molecule has 0 fully saturated rings. The van der Waals surface area contributed by atoms with Crippen LogP contribution in [0.2, 0.25) is 0 Å². The van der Waals surface area contributed by atoms with E-state index in [1.165, 1.54) is 0 Å². The number of nitrogens with zero attached hydrogens (tertiary/aromatic N) is 1. The molecule has 1 aromatic carbocycles. The molecule has 3 rings (SSSR count). The highest BCUT2D eigenvalue weighted by molar-refractivity contribution is 5.60. The zero-order valence-corrected chi connectivity index (χ0v) is 7.60.